The van der Waals surface area contributed by atoms with Crippen molar-refractivity contribution in [1.82, 2.24) is 4.98 Å². The second-order valence-corrected chi connectivity index (χ2v) is 2.64. The first-order chi connectivity index (χ1) is 6.65. The molecular formula is C9H9N3O2. The number of nitriles is 1. The van der Waals surface area contributed by atoms with E-state index in [4.69, 9.17) is 11.0 Å². The first kappa shape index (κ1) is 9.99. The smallest absolute Gasteiger partial charge is 0.341 e. The maximum atomic E-state index is 11.3. The van der Waals surface area contributed by atoms with Crippen molar-refractivity contribution in [1.29, 1.82) is 5.26 Å². The van der Waals surface area contributed by atoms with Gasteiger partial charge in [-0.3, -0.25) is 4.98 Å². The summed E-state index contributed by atoms with van der Waals surface area (Å²) in [6.45, 7) is 1.40. The number of nitrogens with two attached hydrogens (primary N) is 1. The Morgan fingerprint density at radius 2 is 2.50 bits per heavy atom. The summed E-state index contributed by atoms with van der Waals surface area (Å²) in [5.41, 5.74) is 6.67. The highest BCUT2D eigenvalue weighted by molar-refractivity contribution is 5.91. The number of aromatic nitrogens is 1. The van der Waals surface area contributed by atoms with Crippen LogP contribution in [0.4, 0.5) is 5.69 Å². The van der Waals surface area contributed by atoms with Gasteiger partial charge >= 0.3 is 5.97 Å². The van der Waals surface area contributed by atoms with E-state index in [1.165, 1.54) is 12.3 Å². The van der Waals surface area contributed by atoms with E-state index in [-0.39, 0.29) is 6.61 Å². The van der Waals surface area contributed by atoms with Crippen LogP contribution in [0.1, 0.15) is 16.1 Å². The third kappa shape index (κ3) is 2.20. The van der Waals surface area contributed by atoms with E-state index < -0.39 is 5.97 Å². The molecule has 0 spiro atoms. The van der Waals surface area contributed by atoms with Gasteiger partial charge in [0.25, 0.3) is 0 Å². The SMILES string of the molecule is Cc1ncc(N)cc1C(=O)OCC#N. The van der Waals surface area contributed by atoms with E-state index >= 15 is 0 Å². The van der Waals surface area contributed by atoms with Crippen LogP contribution < -0.4 is 5.73 Å². The number of hydrogen-bond acceptors (Lipinski definition) is 5. The number of carbonyl (C=O) groups excluding carboxylic acids is 1. The zero-order valence-corrected chi connectivity index (χ0v) is 7.65. The molecule has 1 rings (SSSR count). The highest BCUT2D eigenvalue weighted by Crippen LogP contribution is 2.10. The molecule has 0 radical (unpaired) electrons. The second kappa shape index (κ2) is 4.23. The summed E-state index contributed by atoms with van der Waals surface area (Å²) in [6.07, 6.45) is 1.45. The molecule has 0 unspecified atom stereocenters. The van der Waals surface area contributed by atoms with E-state index in [2.05, 4.69) is 9.72 Å². The summed E-state index contributed by atoms with van der Waals surface area (Å²) in [4.78, 5) is 15.2. The quantitative estimate of drug-likeness (QED) is 0.693. The van der Waals surface area contributed by atoms with Gasteiger partial charge in [0.1, 0.15) is 6.07 Å². The minimum absolute atomic E-state index is 0.271. The molecule has 5 nitrogen and oxygen atoms in total. The number of nitrogens with zero attached hydrogens (tertiary/aromatic N) is 2. The lowest BCUT2D eigenvalue weighted by molar-refractivity contribution is 0.0553. The summed E-state index contributed by atoms with van der Waals surface area (Å²) in [5.74, 6) is -0.580. The van der Waals surface area contributed by atoms with Gasteiger partial charge in [0.05, 0.1) is 23.1 Å². The third-order valence-electron chi connectivity index (χ3n) is 1.60. The van der Waals surface area contributed by atoms with Crippen LogP contribution in [0.3, 0.4) is 0 Å². The van der Waals surface area contributed by atoms with Gasteiger partial charge < -0.3 is 10.5 Å². The number of pyridine rings is 1. The van der Waals surface area contributed by atoms with Crippen LogP contribution in [0, 0.1) is 18.3 Å². The van der Waals surface area contributed by atoms with Crippen LogP contribution in [0.25, 0.3) is 0 Å². The Kier molecular flexibility index (Phi) is 3.02. The number of rotatable bonds is 2. The van der Waals surface area contributed by atoms with Crippen molar-refractivity contribution in [2.75, 3.05) is 12.3 Å². The molecule has 0 saturated heterocycles. The van der Waals surface area contributed by atoms with Gasteiger partial charge in [0, 0.05) is 0 Å². The van der Waals surface area contributed by atoms with Gasteiger partial charge in [0.15, 0.2) is 6.61 Å². The van der Waals surface area contributed by atoms with E-state index in [1.807, 2.05) is 0 Å². The maximum absolute atomic E-state index is 11.3. The summed E-state index contributed by atoms with van der Waals surface area (Å²) in [5, 5.41) is 8.22. The number of esters is 1. The van der Waals surface area contributed by atoms with Crippen molar-refractivity contribution in [2.24, 2.45) is 0 Å². The number of ether oxygens (including phenoxy) is 1. The van der Waals surface area contributed by atoms with Crippen molar-refractivity contribution in [2.45, 2.75) is 6.92 Å². The first-order valence-electron chi connectivity index (χ1n) is 3.91. The summed E-state index contributed by atoms with van der Waals surface area (Å²) < 4.78 is 4.62. The van der Waals surface area contributed by atoms with Gasteiger partial charge in [-0.25, -0.2) is 4.79 Å². The van der Waals surface area contributed by atoms with Gasteiger partial charge in [-0.1, -0.05) is 0 Å². The van der Waals surface area contributed by atoms with E-state index in [0.717, 1.165) is 0 Å². The molecule has 14 heavy (non-hydrogen) atoms. The van der Waals surface area contributed by atoms with Gasteiger partial charge in [-0.05, 0) is 13.0 Å². The number of hydrogen-bond donors (Lipinski definition) is 1. The summed E-state index contributed by atoms with van der Waals surface area (Å²) in [7, 11) is 0. The monoisotopic (exact) mass is 191 g/mol. The zero-order valence-electron chi connectivity index (χ0n) is 7.65. The molecule has 0 fully saturated rings. The predicted molar refractivity (Wildman–Crippen MR) is 49.3 cm³/mol. The Morgan fingerprint density at radius 1 is 1.79 bits per heavy atom. The fourth-order valence-electron chi connectivity index (χ4n) is 0.931. The molecule has 0 aliphatic rings. The highest BCUT2D eigenvalue weighted by Gasteiger charge is 2.11. The predicted octanol–water partition coefficient (Wildman–Crippen LogP) is 0.653. The van der Waals surface area contributed by atoms with Gasteiger partial charge in [-0.2, -0.15) is 5.26 Å². The first-order valence-corrected chi connectivity index (χ1v) is 3.91. The van der Waals surface area contributed by atoms with Crippen LogP contribution in [-0.2, 0) is 4.74 Å². The molecule has 1 heterocycles. The Hall–Kier alpha value is -2.09. The molecule has 0 aliphatic heterocycles. The standard InChI is InChI=1S/C9H9N3O2/c1-6-8(4-7(11)5-12-6)9(13)14-3-2-10/h4-5H,3,11H2,1H3. The normalized spacial score (nSPS) is 9.14. The second-order valence-electron chi connectivity index (χ2n) is 2.64. The largest absolute Gasteiger partial charge is 0.447 e. The molecule has 72 valence electrons. The Bertz CT molecular complexity index is 396. The molecule has 0 amide bonds. The van der Waals surface area contributed by atoms with E-state index in [1.54, 1.807) is 13.0 Å². The van der Waals surface area contributed by atoms with Gasteiger partial charge in [-0.15, -0.1) is 0 Å². The third-order valence-corrected chi connectivity index (χ3v) is 1.60. The highest BCUT2D eigenvalue weighted by atomic mass is 16.5. The maximum Gasteiger partial charge on any atom is 0.341 e. The van der Waals surface area contributed by atoms with Crippen molar-refractivity contribution >= 4 is 11.7 Å². The molecule has 0 aliphatic carbocycles. The molecule has 1 aromatic heterocycles. The summed E-state index contributed by atoms with van der Waals surface area (Å²) >= 11 is 0. The lowest BCUT2D eigenvalue weighted by atomic mass is 10.2. The topological polar surface area (TPSA) is 89.0 Å². The van der Waals surface area contributed by atoms with Crippen molar-refractivity contribution in [3.63, 3.8) is 0 Å². The number of anilines is 1. The van der Waals surface area contributed by atoms with Crippen LogP contribution in [0.2, 0.25) is 0 Å². The molecular weight excluding hydrogens is 182 g/mol. The molecule has 5 heteroatoms. The number of carbonyl (C=O) groups is 1. The Morgan fingerprint density at radius 3 is 3.14 bits per heavy atom. The fourth-order valence-corrected chi connectivity index (χ4v) is 0.931. The van der Waals surface area contributed by atoms with E-state index in [0.29, 0.717) is 16.9 Å². The average molecular weight is 191 g/mol. The average Bonchev–Trinajstić information content (AvgIpc) is 2.18. The van der Waals surface area contributed by atoms with Crippen molar-refractivity contribution in [3.05, 3.63) is 23.5 Å². The van der Waals surface area contributed by atoms with Gasteiger partial charge in [0.2, 0.25) is 0 Å². The fraction of sp³-hybridized carbons (Fsp3) is 0.222. The Balaban J connectivity index is 2.90. The van der Waals surface area contributed by atoms with Crippen LogP contribution in [-0.4, -0.2) is 17.6 Å². The van der Waals surface area contributed by atoms with Crippen LogP contribution in [0.15, 0.2) is 12.3 Å². The minimum atomic E-state index is -0.580. The minimum Gasteiger partial charge on any atom is -0.447 e. The summed E-state index contributed by atoms with van der Waals surface area (Å²) in [6, 6.07) is 3.18. The Labute approximate surface area is 81.1 Å². The lowest BCUT2D eigenvalue weighted by Gasteiger charge is -2.03. The molecule has 0 aromatic carbocycles. The molecule has 1 aromatic rings. The van der Waals surface area contributed by atoms with Crippen LogP contribution in [0.5, 0.6) is 0 Å². The van der Waals surface area contributed by atoms with Crippen molar-refractivity contribution < 1.29 is 9.53 Å². The molecule has 0 atom stereocenters. The number of nitrogen functional groups attached to an aromatic ring is 1. The van der Waals surface area contributed by atoms with E-state index in [9.17, 15) is 4.79 Å². The molecule has 2 N–H and O–H groups in total. The zero-order chi connectivity index (χ0) is 10.6. The lowest BCUT2D eigenvalue weighted by Crippen LogP contribution is -2.09. The molecule has 0 bridgehead atoms. The molecule has 0 saturated carbocycles. The van der Waals surface area contributed by atoms with Crippen molar-refractivity contribution in [3.8, 4) is 6.07 Å². The number of aryl methyl sites for hydroxylation is 1. The van der Waals surface area contributed by atoms with Crippen LogP contribution >= 0.6 is 0 Å².